The van der Waals surface area contributed by atoms with Gasteiger partial charge in [-0.2, -0.15) is 8.42 Å². The molecule has 0 spiro atoms. The number of nitrogens with zero attached hydrogens (tertiary/aromatic N) is 3. The molecular formula is C12H13FN4O3S. The van der Waals surface area contributed by atoms with E-state index in [-0.39, 0.29) is 23.7 Å². The molecular weight excluding hydrogens is 299 g/mol. The third-order valence-corrected chi connectivity index (χ3v) is 4.14. The van der Waals surface area contributed by atoms with Crippen molar-refractivity contribution >= 4 is 15.9 Å². The molecule has 0 atom stereocenters. The van der Waals surface area contributed by atoms with E-state index in [1.807, 2.05) is 4.72 Å². The Morgan fingerprint density at radius 1 is 1.38 bits per heavy atom. The highest BCUT2D eigenvalue weighted by atomic mass is 32.2. The van der Waals surface area contributed by atoms with E-state index in [2.05, 4.69) is 9.97 Å². The van der Waals surface area contributed by atoms with Crippen molar-refractivity contribution in [3.05, 3.63) is 42.4 Å². The van der Waals surface area contributed by atoms with Crippen molar-refractivity contribution in [3.8, 4) is 0 Å². The highest BCUT2D eigenvalue weighted by Gasteiger charge is 2.20. The maximum Gasteiger partial charge on any atom is 0.279 e. The molecule has 0 saturated carbocycles. The monoisotopic (exact) mass is 312 g/mol. The van der Waals surface area contributed by atoms with Crippen molar-refractivity contribution in [2.24, 2.45) is 7.05 Å². The highest BCUT2D eigenvalue weighted by molar-refractivity contribution is 7.90. The van der Waals surface area contributed by atoms with Crippen LogP contribution in [0.5, 0.6) is 0 Å². The maximum absolute atomic E-state index is 12.6. The first-order valence-electron chi connectivity index (χ1n) is 6.02. The Balaban J connectivity index is 1.96. The normalized spacial score (nSPS) is 11.3. The van der Waals surface area contributed by atoms with Gasteiger partial charge in [-0.25, -0.2) is 19.1 Å². The van der Waals surface area contributed by atoms with Gasteiger partial charge in [-0.15, -0.1) is 0 Å². The third kappa shape index (κ3) is 3.85. The smallest absolute Gasteiger partial charge is 0.279 e. The molecule has 0 bridgehead atoms. The lowest BCUT2D eigenvalue weighted by atomic mass is 10.3. The molecule has 2 rings (SSSR count). The van der Waals surface area contributed by atoms with Crippen LogP contribution < -0.4 is 4.72 Å². The minimum atomic E-state index is -3.90. The van der Waals surface area contributed by atoms with Gasteiger partial charge in [-0.1, -0.05) is 0 Å². The number of rotatable bonds is 5. The number of halogens is 1. The summed E-state index contributed by atoms with van der Waals surface area (Å²) >= 11 is 0. The van der Waals surface area contributed by atoms with E-state index in [4.69, 9.17) is 0 Å². The van der Waals surface area contributed by atoms with Gasteiger partial charge >= 0.3 is 0 Å². The largest absolute Gasteiger partial charge is 0.340 e. The summed E-state index contributed by atoms with van der Waals surface area (Å²) in [7, 11) is -2.33. The Morgan fingerprint density at radius 2 is 2.05 bits per heavy atom. The molecule has 7 nitrogen and oxygen atoms in total. The summed E-state index contributed by atoms with van der Waals surface area (Å²) in [5.74, 6) is -0.985. The van der Waals surface area contributed by atoms with Gasteiger partial charge in [-0.3, -0.25) is 4.79 Å². The van der Waals surface area contributed by atoms with E-state index in [0.717, 1.165) is 12.4 Å². The van der Waals surface area contributed by atoms with Crippen molar-refractivity contribution in [1.29, 1.82) is 0 Å². The van der Waals surface area contributed by atoms with Crippen molar-refractivity contribution in [2.75, 3.05) is 0 Å². The Labute approximate surface area is 120 Å². The minimum absolute atomic E-state index is 0.00566. The van der Waals surface area contributed by atoms with Crippen LogP contribution in [0.25, 0.3) is 0 Å². The van der Waals surface area contributed by atoms with Gasteiger partial charge in [0.15, 0.2) is 10.8 Å². The number of sulfonamides is 1. The molecule has 1 amide bonds. The molecule has 0 unspecified atom stereocenters. The summed E-state index contributed by atoms with van der Waals surface area (Å²) in [6.45, 7) is 0. The lowest BCUT2D eigenvalue weighted by molar-refractivity contribution is -0.119. The molecule has 2 aromatic rings. The molecule has 0 radical (unpaired) electrons. The van der Waals surface area contributed by atoms with E-state index in [9.17, 15) is 17.6 Å². The number of hydrogen-bond donors (Lipinski definition) is 1. The number of carbonyl (C=O) groups excluding carboxylic acids is 1. The van der Waals surface area contributed by atoms with Gasteiger partial charge in [0.05, 0.1) is 12.4 Å². The van der Waals surface area contributed by atoms with Crippen LogP contribution in [-0.2, 0) is 28.3 Å². The first kappa shape index (κ1) is 15.1. The third-order valence-electron chi connectivity index (χ3n) is 2.67. The summed E-state index contributed by atoms with van der Waals surface area (Å²) in [5.41, 5.74) is 0. The van der Waals surface area contributed by atoms with Crippen LogP contribution in [0.2, 0.25) is 0 Å². The van der Waals surface area contributed by atoms with E-state index < -0.39 is 21.7 Å². The number of aromatic nitrogens is 3. The van der Waals surface area contributed by atoms with E-state index in [1.54, 1.807) is 19.3 Å². The van der Waals surface area contributed by atoms with Gasteiger partial charge in [0.25, 0.3) is 10.0 Å². The van der Waals surface area contributed by atoms with Crippen molar-refractivity contribution in [1.82, 2.24) is 19.3 Å². The van der Waals surface area contributed by atoms with Gasteiger partial charge < -0.3 is 4.57 Å². The standard InChI is InChI=1S/C12H13FN4O3S/c1-17-6-2-3-12(17)21(19,20)16-11(18)5-4-10-14-7-9(13)8-15-10/h2-3,6-8H,4-5H2,1H3,(H,16,18). The molecule has 0 fully saturated rings. The fourth-order valence-electron chi connectivity index (χ4n) is 1.67. The quantitative estimate of drug-likeness (QED) is 0.862. The molecule has 0 aliphatic heterocycles. The topological polar surface area (TPSA) is 94.0 Å². The summed E-state index contributed by atoms with van der Waals surface area (Å²) in [6, 6.07) is 2.95. The summed E-state index contributed by atoms with van der Waals surface area (Å²) in [4.78, 5) is 19.1. The molecule has 112 valence electrons. The lowest BCUT2D eigenvalue weighted by Crippen LogP contribution is -2.32. The fraction of sp³-hybridized carbons (Fsp3) is 0.250. The highest BCUT2D eigenvalue weighted by Crippen LogP contribution is 2.08. The van der Waals surface area contributed by atoms with Crippen molar-refractivity contribution < 1.29 is 17.6 Å². The first-order valence-corrected chi connectivity index (χ1v) is 7.50. The Bertz CT molecular complexity index is 740. The second-order valence-corrected chi connectivity index (χ2v) is 5.93. The first-order chi connectivity index (χ1) is 9.88. The van der Waals surface area contributed by atoms with Crippen LogP contribution in [-0.4, -0.2) is 28.9 Å². The predicted molar refractivity (Wildman–Crippen MR) is 71.1 cm³/mol. The van der Waals surface area contributed by atoms with Crippen LogP contribution in [0.3, 0.4) is 0 Å². The van der Waals surface area contributed by atoms with Crippen molar-refractivity contribution in [2.45, 2.75) is 17.9 Å². The average molecular weight is 312 g/mol. The van der Waals surface area contributed by atoms with Gasteiger partial charge in [0.1, 0.15) is 5.82 Å². The van der Waals surface area contributed by atoms with Crippen LogP contribution in [0.1, 0.15) is 12.2 Å². The van der Waals surface area contributed by atoms with Crippen molar-refractivity contribution in [3.63, 3.8) is 0 Å². The summed E-state index contributed by atoms with van der Waals surface area (Å²) in [6.07, 6.45) is 3.54. The Kier molecular flexibility index (Phi) is 4.32. The number of carbonyl (C=O) groups is 1. The number of aryl methyl sites for hydroxylation is 2. The zero-order valence-electron chi connectivity index (χ0n) is 11.2. The number of amides is 1. The number of nitrogens with one attached hydrogen (secondary N) is 1. The zero-order valence-corrected chi connectivity index (χ0v) is 12.0. The van der Waals surface area contributed by atoms with Crippen LogP contribution in [0.4, 0.5) is 4.39 Å². The Morgan fingerprint density at radius 3 is 2.62 bits per heavy atom. The molecule has 0 aliphatic carbocycles. The molecule has 2 heterocycles. The molecule has 0 saturated heterocycles. The second kappa shape index (κ2) is 6.00. The SMILES string of the molecule is Cn1cccc1S(=O)(=O)NC(=O)CCc1ncc(F)cn1. The Hall–Kier alpha value is -2.29. The molecule has 21 heavy (non-hydrogen) atoms. The maximum atomic E-state index is 12.6. The zero-order chi connectivity index (χ0) is 15.5. The molecule has 9 heteroatoms. The van der Waals surface area contributed by atoms with E-state index in [0.29, 0.717) is 0 Å². The van der Waals surface area contributed by atoms with Gasteiger partial charge in [0.2, 0.25) is 5.91 Å². The summed E-state index contributed by atoms with van der Waals surface area (Å²) in [5, 5.41) is -0.00566. The number of hydrogen-bond acceptors (Lipinski definition) is 5. The van der Waals surface area contributed by atoms with Crippen LogP contribution in [0, 0.1) is 5.82 Å². The van der Waals surface area contributed by atoms with Crippen LogP contribution >= 0.6 is 0 Å². The second-order valence-electron chi connectivity index (χ2n) is 4.30. The van der Waals surface area contributed by atoms with E-state index in [1.165, 1.54) is 10.6 Å². The fourth-order valence-corrected chi connectivity index (χ4v) is 2.88. The lowest BCUT2D eigenvalue weighted by Gasteiger charge is -2.07. The molecule has 0 aliphatic rings. The van der Waals surface area contributed by atoms with Gasteiger partial charge in [0, 0.05) is 26.1 Å². The molecule has 2 aromatic heterocycles. The predicted octanol–water partition coefficient (Wildman–Crippen LogP) is 0.392. The van der Waals surface area contributed by atoms with E-state index >= 15 is 0 Å². The molecule has 0 aromatic carbocycles. The van der Waals surface area contributed by atoms with Crippen LogP contribution in [0.15, 0.2) is 35.7 Å². The average Bonchev–Trinajstić information content (AvgIpc) is 2.85. The van der Waals surface area contributed by atoms with Gasteiger partial charge in [-0.05, 0) is 12.1 Å². The summed E-state index contributed by atoms with van der Waals surface area (Å²) < 4.78 is 39.9. The molecule has 1 N–H and O–H groups in total. The minimum Gasteiger partial charge on any atom is -0.340 e.